The van der Waals surface area contributed by atoms with Crippen LogP contribution in [0.3, 0.4) is 0 Å². The summed E-state index contributed by atoms with van der Waals surface area (Å²) in [6.45, 7) is 18.6. The average Bonchev–Trinajstić information content (AvgIpc) is 3.54. The van der Waals surface area contributed by atoms with Crippen molar-refractivity contribution in [2.45, 2.75) is 118 Å². The molecule has 3 heterocycles. The highest BCUT2D eigenvalue weighted by molar-refractivity contribution is 5.90. The van der Waals surface area contributed by atoms with Gasteiger partial charge in [0.1, 0.15) is 6.04 Å². The molecule has 0 radical (unpaired) electrons. The first kappa shape index (κ1) is 47.2. The van der Waals surface area contributed by atoms with Gasteiger partial charge in [0, 0.05) is 48.5 Å². The Morgan fingerprint density at radius 2 is 1.45 bits per heavy atom. The van der Waals surface area contributed by atoms with Crippen LogP contribution in [-0.4, -0.2) is 103 Å². The van der Waals surface area contributed by atoms with Gasteiger partial charge in [-0.3, -0.25) is 14.8 Å². The van der Waals surface area contributed by atoms with Crippen molar-refractivity contribution in [3.63, 3.8) is 0 Å². The Bertz CT molecular complexity index is 2130. The maximum Gasteiger partial charge on any atom is 0.415 e. The molecule has 1 saturated heterocycles. The Morgan fingerprint density at radius 3 is 2.05 bits per heavy atom. The largest absolute Gasteiger partial charge is 0.465 e. The first-order valence-corrected chi connectivity index (χ1v) is 21.4. The molecule has 13 heteroatoms. The molecule has 2 aromatic heterocycles. The molecular weight excluding hydrogens is 783 g/mol. The molecule has 0 aliphatic carbocycles. The molecule has 1 aliphatic rings. The minimum atomic E-state index is -1.39. The van der Waals surface area contributed by atoms with E-state index >= 15 is 0 Å². The molecule has 5 rings (SSSR count). The summed E-state index contributed by atoms with van der Waals surface area (Å²) in [7, 11) is 0. The lowest BCUT2D eigenvalue weighted by atomic mass is 9.84. The summed E-state index contributed by atoms with van der Waals surface area (Å²) in [4.78, 5) is 68.2. The summed E-state index contributed by atoms with van der Waals surface area (Å²) in [6.07, 6.45) is -0.373. The Morgan fingerprint density at radius 1 is 0.790 bits per heavy atom. The summed E-state index contributed by atoms with van der Waals surface area (Å²) in [5.41, 5.74) is 3.76. The Hall–Kier alpha value is -5.82. The van der Waals surface area contributed by atoms with Gasteiger partial charge in [-0.25, -0.2) is 19.3 Å². The maximum absolute atomic E-state index is 14.7. The Kier molecular flexibility index (Phi) is 15.2. The topological polar surface area (TPSA) is 168 Å². The minimum absolute atomic E-state index is 0.0221. The quantitative estimate of drug-likeness (QED) is 0.0936. The third-order valence-corrected chi connectivity index (χ3v) is 10.9. The molecule has 1 aliphatic heterocycles. The molecule has 1 fully saturated rings. The van der Waals surface area contributed by atoms with E-state index in [1.165, 1.54) is 0 Å². The second kappa shape index (κ2) is 19.9. The van der Waals surface area contributed by atoms with Gasteiger partial charge in [0.25, 0.3) is 0 Å². The predicted octanol–water partition coefficient (Wildman–Crippen LogP) is 7.92. The number of aliphatic hydroxyl groups excluding tert-OH is 1. The SMILES string of the molecule is CC(C)(C)CN(C(=O)O)C(=O)NC(Cc1ccc(-c2ccccn2)cc1)CC(O)C(Cc1ccccc1)NC(=O)C(N1CCN(Cc2cccc(C(C)(C)C)n2)C1=O)C(C)(C)C. The number of pyridine rings is 2. The van der Waals surface area contributed by atoms with Gasteiger partial charge in [-0.2, -0.15) is 0 Å². The lowest BCUT2D eigenvalue weighted by molar-refractivity contribution is -0.130. The number of carboxylic acid groups (broad SMARTS) is 1. The highest BCUT2D eigenvalue weighted by Crippen LogP contribution is 2.30. The number of aliphatic hydroxyl groups is 1. The lowest BCUT2D eigenvalue weighted by Crippen LogP contribution is -2.59. The van der Waals surface area contributed by atoms with Crippen LogP contribution in [0.15, 0.2) is 97.2 Å². The number of benzene rings is 2. The number of carbonyl (C=O) groups excluding carboxylic acids is 3. The average molecular weight is 848 g/mol. The highest BCUT2D eigenvalue weighted by Gasteiger charge is 2.44. The van der Waals surface area contributed by atoms with Gasteiger partial charge >= 0.3 is 18.2 Å². The second-order valence-corrected chi connectivity index (χ2v) is 19.7. The van der Waals surface area contributed by atoms with Crippen molar-refractivity contribution in [3.8, 4) is 11.3 Å². The number of nitrogens with zero attached hydrogens (tertiary/aromatic N) is 5. The molecule has 0 saturated carbocycles. The van der Waals surface area contributed by atoms with E-state index in [0.29, 0.717) is 19.6 Å². The van der Waals surface area contributed by atoms with Crippen LogP contribution < -0.4 is 10.6 Å². The summed E-state index contributed by atoms with van der Waals surface area (Å²) >= 11 is 0. The van der Waals surface area contributed by atoms with Crippen LogP contribution in [0.2, 0.25) is 0 Å². The molecule has 332 valence electrons. The van der Waals surface area contributed by atoms with E-state index < -0.39 is 53.1 Å². The van der Waals surface area contributed by atoms with Crippen LogP contribution in [0.4, 0.5) is 14.4 Å². The second-order valence-electron chi connectivity index (χ2n) is 19.7. The molecule has 4 N–H and O–H groups in total. The molecule has 6 amide bonds. The van der Waals surface area contributed by atoms with Crippen molar-refractivity contribution < 1.29 is 29.4 Å². The van der Waals surface area contributed by atoms with Crippen molar-refractivity contribution in [1.29, 1.82) is 0 Å². The molecule has 2 aromatic carbocycles. The monoisotopic (exact) mass is 847 g/mol. The van der Waals surface area contributed by atoms with Gasteiger partial charge in [-0.15, -0.1) is 0 Å². The van der Waals surface area contributed by atoms with Crippen LogP contribution in [0.5, 0.6) is 0 Å². The molecule has 0 bridgehead atoms. The number of nitrogens with one attached hydrogen (secondary N) is 2. The first-order chi connectivity index (χ1) is 29.1. The summed E-state index contributed by atoms with van der Waals surface area (Å²) in [5, 5.41) is 28.3. The molecule has 62 heavy (non-hydrogen) atoms. The molecular formula is C49H65N7O6. The van der Waals surface area contributed by atoms with E-state index in [1.54, 1.807) is 16.0 Å². The van der Waals surface area contributed by atoms with E-state index in [2.05, 4.69) is 36.4 Å². The van der Waals surface area contributed by atoms with Gasteiger partial charge in [0.05, 0.1) is 30.1 Å². The molecule has 13 nitrogen and oxygen atoms in total. The highest BCUT2D eigenvalue weighted by atomic mass is 16.4. The first-order valence-electron chi connectivity index (χ1n) is 21.4. The fourth-order valence-corrected chi connectivity index (χ4v) is 7.82. The minimum Gasteiger partial charge on any atom is -0.465 e. The zero-order chi connectivity index (χ0) is 45.4. The fourth-order valence-electron chi connectivity index (χ4n) is 7.82. The lowest BCUT2D eigenvalue weighted by Gasteiger charge is -2.38. The number of hydrogen-bond donors (Lipinski definition) is 4. The van der Waals surface area contributed by atoms with Crippen molar-refractivity contribution in [3.05, 3.63) is 120 Å². The Balaban J connectivity index is 1.40. The van der Waals surface area contributed by atoms with Crippen molar-refractivity contribution in [2.75, 3.05) is 19.6 Å². The van der Waals surface area contributed by atoms with Gasteiger partial charge in [0.15, 0.2) is 0 Å². The standard InChI is InChI=1S/C49H65N7O6/c1-47(2,3)32-56(46(61)62)44(59)52-37(28-34-21-23-35(24-22-34)38-19-13-14-25-50-38)30-40(57)39(29-33-16-11-10-12-17-33)53-43(58)42(49(7,8)9)55-27-26-54(45(55)60)31-36-18-15-20-41(51-36)48(4,5)6/h10-25,37,39-40,42,57H,26-32H2,1-9H3,(H,52,59)(H,53,58)(H,61,62). The zero-order valence-corrected chi connectivity index (χ0v) is 37.8. The molecule has 4 aromatic rings. The normalized spacial score (nSPS) is 15.4. The van der Waals surface area contributed by atoms with Gasteiger partial charge < -0.3 is 30.6 Å². The summed E-state index contributed by atoms with van der Waals surface area (Å²) in [5.74, 6) is -0.409. The number of rotatable bonds is 15. The number of aromatic nitrogens is 2. The fraction of sp³-hybridized carbons (Fsp3) is 0.469. The van der Waals surface area contributed by atoms with E-state index in [0.717, 1.165) is 38.7 Å². The van der Waals surface area contributed by atoms with Crippen LogP contribution in [0.25, 0.3) is 11.3 Å². The van der Waals surface area contributed by atoms with E-state index in [4.69, 9.17) is 4.98 Å². The van der Waals surface area contributed by atoms with Crippen LogP contribution in [-0.2, 0) is 29.6 Å². The smallest absolute Gasteiger partial charge is 0.415 e. The third-order valence-electron chi connectivity index (χ3n) is 10.9. The van der Waals surface area contributed by atoms with Crippen LogP contribution in [0, 0.1) is 10.8 Å². The van der Waals surface area contributed by atoms with E-state index in [9.17, 15) is 29.4 Å². The van der Waals surface area contributed by atoms with Gasteiger partial charge in [0.2, 0.25) is 5.91 Å². The van der Waals surface area contributed by atoms with E-state index in [1.807, 2.05) is 133 Å². The van der Waals surface area contributed by atoms with Crippen molar-refractivity contribution >= 4 is 24.1 Å². The molecule has 4 unspecified atom stereocenters. The number of hydrogen-bond acceptors (Lipinski definition) is 7. The summed E-state index contributed by atoms with van der Waals surface area (Å²) < 4.78 is 0. The van der Waals surface area contributed by atoms with Crippen molar-refractivity contribution in [1.82, 2.24) is 35.3 Å². The maximum atomic E-state index is 14.7. The van der Waals surface area contributed by atoms with Gasteiger partial charge in [-0.1, -0.05) is 129 Å². The number of amides is 6. The number of urea groups is 2. The Labute approximate surface area is 367 Å². The predicted molar refractivity (Wildman–Crippen MR) is 241 cm³/mol. The number of carbonyl (C=O) groups is 4. The molecule has 4 atom stereocenters. The van der Waals surface area contributed by atoms with E-state index in [-0.39, 0.29) is 37.3 Å². The molecule has 0 spiro atoms. The third kappa shape index (κ3) is 13.1. The zero-order valence-electron chi connectivity index (χ0n) is 37.8. The number of imide groups is 1. The van der Waals surface area contributed by atoms with Crippen LogP contribution in [0.1, 0.15) is 91.2 Å². The summed E-state index contributed by atoms with van der Waals surface area (Å²) in [6, 6.07) is 25.2. The van der Waals surface area contributed by atoms with Gasteiger partial charge in [-0.05, 0) is 65.5 Å². The van der Waals surface area contributed by atoms with Crippen LogP contribution >= 0.6 is 0 Å². The van der Waals surface area contributed by atoms with Crippen molar-refractivity contribution in [2.24, 2.45) is 10.8 Å².